The molecule has 5 heteroatoms. The molecule has 0 radical (unpaired) electrons. The molecule has 2 atom stereocenters. The fourth-order valence-corrected chi connectivity index (χ4v) is 2.92. The number of nitrogens with one attached hydrogen (secondary N) is 2. The maximum Gasteiger partial charge on any atom is 0.225 e. The number of fused-ring (bicyclic) bond motifs is 1. The minimum Gasteiger partial charge on any atom is -0.356 e. The lowest BCUT2D eigenvalue weighted by atomic mass is 9.96. The van der Waals surface area contributed by atoms with Crippen LogP contribution in [-0.2, 0) is 9.59 Å². The smallest absolute Gasteiger partial charge is 0.225 e. The minimum atomic E-state index is -0.358. The first-order chi connectivity index (χ1) is 9.38. The van der Waals surface area contributed by atoms with Crippen molar-refractivity contribution in [2.45, 2.75) is 33.6 Å². The average molecular weight is 281 g/mol. The van der Waals surface area contributed by atoms with Crippen LogP contribution in [0, 0.1) is 17.3 Å². The molecule has 0 unspecified atom stereocenters. The molecule has 114 valence electrons. The zero-order chi connectivity index (χ0) is 14.8. The van der Waals surface area contributed by atoms with Crippen LogP contribution >= 0.6 is 0 Å². The summed E-state index contributed by atoms with van der Waals surface area (Å²) in [5, 5.41) is 6.27. The van der Waals surface area contributed by atoms with Gasteiger partial charge in [-0.25, -0.2) is 0 Å². The Morgan fingerprint density at radius 1 is 1.20 bits per heavy atom. The lowest BCUT2D eigenvalue weighted by Gasteiger charge is -2.19. The molecule has 2 rings (SSSR count). The van der Waals surface area contributed by atoms with Crippen LogP contribution in [0.1, 0.15) is 33.6 Å². The fraction of sp³-hybridized carbons (Fsp3) is 0.867. The van der Waals surface area contributed by atoms with E-state index in [1.54, 1.807) is 0 Å². The number of nitrogens with zero attached hydrogens (tertiary/aromatic N) is 1. The summed E-state index contributed by atoms with van der Waals surface area (Å²) in [6.07, 6.45) is 1.27. The second-order valence-corrected chi connectivity index (χ2v) is 7.09. The molecule has 0 bridgehead atoms. The summed E-state index contributed by atoms with van der Waals surface area (Å²) in [6.45, 7) is 10.2. The van der Waals surface area contributed by atoms with E-state index < -0.39 is 0 Å². The monoisotopic (exact) mass is 281 g/mol. The van der Waals surface area contributed by atoms with Crippen molar-refractivity contribution in [2.75, 3.05) is 32.7 Å². The number of hydrogen-bond acceptors (Lipinski definition) is 3. The molecule has 2 heterocycles. The van der Waals surface area contributed by atoms with Gasteiger partial charge in [-0.2, -0.15) is 0 Å². The first kappa shape index (κ1) is 15.3. The number of carbonyl (C=O) groups is 2. The lowest BCUT2D eigenvalue weighted by Crippen LogP contribution is -2.36. The third-order valence-electron chi connectivity index (χ3n) is 4.28. The molecule has 5 nitrogen and oxygen atoms in total. The van der Waals surface area contributed by atoms with E-state index in [-0.39, 0.29) is 17.2 Å². The molecule has 2 aliphatic rings. The highest BCUT2D eigenvalue weighted by Gasteiger charge is 2.37. The van der Waals surface area contributed by atoms with Crippen molar-refractivity contribution in [3.63, 3.8) is 0 Å². The summed E-state index contributed by atoms with van der Waals surface area (Å²) >= 11 is 0. The van der Waals surface area contributed by atoms with Crippen molar-refractivity contribution in [3.05, 3.63) is 0 Å². The highest BCUT2D eigenvalue weighted by atomic mass is 16.2. The Morgan fingerprint density at radius 2 is 1.80 bits per heavy atom. The highest BCUT2D eigenvalue weighted by Crippen LogP contribution is 2.26. The van der Waals surface area contributed by atoms with E-state index in [4.69, 9.17) is 0 Å². The molecule has 20 heavy (non-hydrogen) atoms. The number of hydrogen-bond donors (Lipinski definition) is 2. The normalized spacial score (nSPS) is 25.6. The molecule has 0 aliphatic carbocycles. The quantitative estimate of drug-likeness (QED) is 0.742. The Kier molecular flexibility index (Phi) is 4.68. The van der Waals surface area contributed by atoms with Crippen LogP contribution < -0.4 is 10.6 Å². The summed E-state index contributed by atoms with van der Waals surface area (Å²) < 4.78 is 0. The molecule has 2 N–H and O–H groups in total. The van der Waals surface area contributed by atoms with Gasteiger partial charge in [0.05, 0.1) is 0 Å². The van der Waals surface area contributed by atoms with Gasteiger partial charge in [0.25, 0.3) is 0 Å². The van der Waals surface area contributed by atoms with Crippen LogP contribution in [-0.4, -0.2) is 49.4 Å². The first-order valence-corrected chi connectivity index (χ1v) is 7.64. The summed E-state index contributed by atoms with van der Waals surface area (Å²) in [4.78, 5) is 25.8. The second-order valence-electron chi connectivity index (χ2n) is 7.09. The Bertz CT molecular complexity index is 364. The number of amides is 2. The summed E-state index contributed by atoms with van der Waals surface area (Å²) in [7, 11) is 0. The third-order valence-corrected chi connectivity index (χ3v) is 4.28. The second kappa shape index (κ2) is 6.12. The van der Waals surface area contributed by atoms with Gasteiger partial charge in [0, 0.05) is 44.6 Å². The van der Waals surface area contributed by atoms with Gasteiger partial charge >= 0.3 is 0 Å². The van der Waals surface area contributed by atoms with E-state index in [0.717, 1.165) is 32.6 Å². The number of rotatable bonds is 4. The Labute approximate surface area is 121 Å². The molecular formula is C15H27N3O2. The Morgan fingerprint density at radius 3 is 2.35 bits per heavy atom. The van der Waals surface area contributed by atoms with E-state index in [0.29, 0.717) is 24.8 Å². The van der Waals surface area contributed by atoms with Crippen LogP contribution in [0.2, 0.25) is 0 Å². The van der Waals surface area contributed by atoms with Crippen molar-refractivity contribution < 1.29 is 9.59 Å². The molecule has 0 aromatic carbocycles. The van der Waals surface area contributed by atoms with Crippen molar-refractivity contribution in [1.82, 2.24) is 15.5 Å². The predicted octanol–water partition coefficient (Wildman–Crippen LogP) is 0.607. The Balaban J connectivity index is 1.63. The van der Waals surface area contributed by atoms with E-state index in [9.17, 15) is 9.59 Å². The van der Waals surface area contributed by atoms with Crippen molar-refractivity contribution in [3.8, 4) is 0 Å². The van der Waals surface area contributed by atoms with E-state index in [1.807, 2.05) is 25.7 Å². The van der Waals surface area contributed by atoms with Crippen LogP contribution in [0.25, 0.3) is 0 Å². The number of likely N-dealkylation sites (tertiary alicyclic amines) is 1. The van der Waals surface area contributed by atoms with Gasteiger partial charge in [0.2, 0.25) is 11.8 Å². The molecule has 0 spiro atoms. The largest absolute Gasteiger partial charge is 0.356 e. The highest BCUT2D eigenvalue weighted by molar-refractivity contribution is 5.81. The maximum absolute atomic E-state index is 12.1. The summed E-state index contributed by atoms with van der Waals surface area (Å²) in [5.74, 6) is 1.59. The van der Waals surface area contributed by atoms with Gasteiger partial charge in [0.1, 0.15) is 0 Å². The molecular weight excluding hydrogens is 254 g/mol. The lowest BCUT2D eigenvalue weighted by molar-refractivity contribution is -0.131. The van der Waals surface area contributed by atoms with Crippen LogP contribution in [0.4, 0.5) is 0 Å². The van der Waals surface area contributed by atoms with Crippen LogP contribution in [0.3, 0.4) is 0 Å². The predicted molar refractivity (Wildman–Crippen MR) is 78.1 cm³/mol. The van der Waals surface area contributed by atoms with Gasteiger partial charge in [-0.15, -0.1) is 0 Å². The van der Waals surface area contributed by atoms with E-state index >= 15 is 0 Å². The van der Waals surface area contributed by atoms with Gasteiger partial charge in [-0.05, 0) is 18.3 Å². The molecule has 0 saturated carbocycles. The Hall–Kier alpha value is -1.10. The molecule has 2 amide bonds. The van der Waals surface area contributed by atoms with Crippen molar-refractivity contribution in [2.24, 2.45) is 17.3 Å². The van der Waals surface area contributed by atoms with Crippen molar-refractivity contribution in [1.29, 1.82) is 0 Å². The molecule has 2 saturated heterocycles. The standard InChI is InChI=1S/C15H27N3O2/c1-15(2,3)14(20)17-6-4-5-13(19)18-9-11-7-16-8-12(11)10-18/h11-12,16H,4-10H2,1-3H3,(H,17,20)/t11-,12+. The topological polar surface area (TPSA) is 61.4 Å². The van der Waals surface area contributed by atoms with Gasteiger partial charge < -0.3 is 15.5 Å². The van der Waals surface area contributed by atoms with Crippen LogP contribution in [0.15, 0.2) is 0 Å². The van der Waals surface area contributed by atoms with Gasteiger partial charge in [-0.3, -0.25) is 9.59 Å². The first-order valence-electron chi connectivity index (χ1n) is 7.64. The minimum absolute atomic E-state index is 0.0479. The molecule has 0 aromatic heterocycles. The van der Waals surface area contributed by atoms with E-state index in [2.05, 4.69) is 10.6 Å². The zero-order valence-corrected chi connectivity index (χ0v) is 12.9. The molecule has 2 fully saturated rings. The zero-order valence-electron chi connectivity index (χ0n) is 12.9. The number of carbonyl (C=O) groups excluding carboxylic acids is 2. The average Bonchev–Trinajstić information content (AvgIpc) is 2.93. The molecule has 2 aliphatic heterocycles. The van der Waals surface area contributed by atoms with Gasteiger partial charge in [0.15, 0.2) is 0 Å². The third kappa shape index (κ3) is 3.72. The SMILES string of the molecule is CC(C)(C)C(=O)NCCCC(=O)N1C[C@H]2CNC[C@H]2C1. The fourth-order valence-electron chi connectivity index (χ4n) is 2.92. The summed E-state index contributed by atoms with van der Waals surface area (Å²) in [5.41, 5.74) is -0.358. The van der Waals surface area contributed by atoms with Crippen molar-refractivity contribution >= 4 is 11.8 Å². The summed E-state index contributed by atoms with van der Waals surface area (Å²) in [6, 6.07) is 0. The van der Waals surface area contributed by atoms with E-state index in [1.165, 1.54) is 0 Å². The maximum atomic E-state index is 12.1. The molecule has 0 aromatic rings. The van der Waals surface area contributed by atoms with Gasteiger partial charge in [-0.1, -0.05) is 20.8 Å². The van der Waals surface area contributed by atoms with Crippen LogP contribution in [0.5, 0.6) is 0 Å².